The second-order valence-electron chi connectivity index (χ2n) is 19.5. The van der Waals surface area contributed by atoms with E-state index < -0.39 is 84.7 Å². The van der Waals surface area contributed by atoms with E-state index in [0.29, 0.717) is 36.8 Å². The molecular formula is C49H73NO14. The highest BCUT2D eigenvalue weighted by molar-refractivity contribution is 5.78. The molecule has 19 atom stereocenters. The van der Waals surface area contributed by atoms with Crippen LogP contribution in [0.1, 0.15) is 94.4 Å². The third-order valence-corrected chi connectivity index (χ3v) is 14.4. The number of nitrogens with one attached hydrogen (secondary N) is 1. The Kier molecular flexibility index (Phi) is 15.5. The maximum Gasteiger partial charge on any atom is 0.316 e. The Balaban J connectivity index is 1.16. The van der Waals surface area contributed by atoms with Gasteiger partial charge in [-0.1, -0.05) is 64.2 Å². The van der Waals surface area contributed by atoms with Crippen LogP contribution in [0.15, 0.2) is 59.3 Å². The fourth-order valence-corrected chi connectivity index (χ4v) is 10.9. The van der Waals surface area contributed by atoms with Crippen LogP contribution >= 0.6 is 0 Å². The minimum atomic E-state index is -1.84. The van der Waals surface area contributed by atoms with Gasteiger partial charge in [0.05, 0.1) is 55.4 Å². The summed E-state index contributed by atoms with van der Waals surface area (Å²) in [6.45, 7) is 17.5. The molecule has 4 saturated heterocycles. The minimum Gasteiger partial charge on any atom is -0.462 e. The van der Waals surface area contributed by atoms with E-state index in [1.54, 1.807) is 33.3 Å². The molecule has 64 heavy (non-hydrogen) atoms. The monoisotopic (exact) mass is 900 g/mol. The number of fused-ring (bicyclic) bond motifs is 2. The van der Waals surface area contributed by atoms with Crippen molar-refractivity contribution in [3.8, 4) is 0 Å². The highest BCUT2D eigenvalue weighted by atomic mass is 16.7. The van der Waals surface area contributed by atoms with Crippen molar-refractivity contribution < 1.29 is 67.2 Å². The number of carbonyl (C=O) groups is 2. The molecule has 0 unspecified atom stereocenters. The van der Waals surface area contributed by atoms with Gasteiger partial charge in [-0.3, -0.25) is 9.59 Å². The van der Waals surface area contributed by atoms with E-state index in [0.717, 1.165) is 5.57 Å². The number of allylic oxidation sites excluding steroid dienone is 2. The van der Waals surface area contributed by atoms with Crippen LogP contribution in [0.2, 0.25) is 0 Å². The number of rotatable bonds is 8. The SMILES string of the molecule is CO[C@H]1C[C@H](O[C@H]2[C@H](C)O[C@@H](O[C@@H]3/C(C)=C\C[C@@H]4C[C@@H](C[C@]5(C=C[C@H](C)[C@@H](C(C)C)O5)O4)OC(=O)[C@@H]4C=C(C)[C@@H](O)[C@H]5OC/C(=C\C=C[C@@H]3C)[C@]54O)C[C@@H]2OC)O[C@@H](C)[C@H]1NC(C)=O. The molecule has 3 N–H and O–H groups in total. The van der Waals surface area contributed by atoms with E-state index >= 15 is 0 Å². The van der Waals surface area contributed by atoms with Crippen LogP contribution < -0.4 is 5.32 Å². The summed E-state index contributed by atoms with van der Waals surface area (Å²) in [5.41, 5.74) is 0.112. The minimum absolute atomic E-state index is 0.0266. The van der Waals surface area contributed by atoms with Crippen LogP contribution in [0.3, 0.4) is 0 Å². The fraction of sp³-hybridized carbons (Fsp3) is 0.755. The molecule has 358 valence electrons. The lowest BCUT2D eigenvalue weighted by Crippen LogP contribution is -2.58. The van der Waals surface area contributed by atoms with Crippen LogP contribution in [0.4, 0.5) is 0 Å². The number of hydrogen-bond acceptors (Lipinski definition) is 14. The molecular weight excluding hydrogens is 827 g/mol. The molecule has 0 saturated carbocycles. The van der Waals surface area contributed by atoms with Crippen molar-refractivity contribution in [3.63, 3.8) is 0 Å². The van der Waals surface area contributed by atoms with Gasteiger partial charge in [0.15, 0.2) is 18.4 Å². The molecule has 4 fully saturated rings. The lowest BCUT2D eigenvalue weighted by atomic mass is 9.71. The zero-order valence-electron chi connectivity index (χ0n) is 39.5. The summed E-state index contributed by atoms with van der Waals surface area (Å²) in [6.07, 6.45) is 8.46. The largest absolute Gasteiger partial charge is 0.462 e. The Morgan fingerprint density at radius 3 is 2.31 bits per heavy atom. The van der Waals surface area contributed by atoms with Gasteiger partial charge in [0.1, 0.15) is 35.9 Å². The third kappa shape index (κ3) is 10.2. The number of ether oxygens (including phenoxy) is 10. The van der Waals surface area contributed by atoms with Crippen molar-refractivity contribution in [3.05, 3.63) is 59.3 Å². The summed E-state index contributed by atoms with van der Waals surface area (Å²) in [6, 6.07) is -0.314. The summed E-state index contributed by atoms with van der Waals surface area (Å²) >= 11 is 0. The van der Waals surface area contributed by atoms with E-state index in [1.165, 1.54) is 6.92 Å². The van der Waals surface area contributed by atoms with Crippen LogP contribution in [-0.4, -0.2) is 140 Å². The highest BCUT2D eigenvalue weighted by Gasteiger charge is 2.60. The second kappa shape index (κ2) is 20.2. The number of hydrogen-bond donors (Lipinski definition) is 3. The quantitative estimate of drug-likeness (QED) is 0.216. The Hall–Kier alpha value is -2.80. The van der Waals surface area contributed by atoms with Crippen LogP contribution in [-0.2, 0) is 57.0 Å². The summed E-state index contributed by atoms with van der Waals surface area (Å²) < 4.78 is 64.2. The number of amides is 1. The summed E-state index contributed by atoms with van der Waals surface area (Å²) in [7, 11) is 3.27. The van der Waals surface area contributed by atoms with Gasteiger partial charge >= 0.3 is 5.97 Å². The first kappa shape index (κ1) is 49.1. The van der Waals surface area contributed by atoms with Crippen molar-refractivity contribution >= 4 is 11.9 Å². The van der Waals surface area contributed by atoms with Gasteiger partial charge in [0, 0.05) is 58.7 Å². The van der Waals surface area contributed by atoms with Crippen molar-refractivity contribution in [1.29, 1.82) is 0 Å². The van der Waals surface area contributed by atoms with Crippen molar-refractivity contribution in [2.24, 2.45) is 23.7 Å². The highest BCUT2D eigenvalue weighted by Crippen LogP contribution is 2.47. The second-order valence-corrected chi connectivity index (χ2v) is 19.5. The maximum atomic E-state index is 14.3. The molecule has 6 heterocycles. The standard InChI is InChI=1S/C49H73NO14/c1-25(2)43-28(5)17-18-48(64-43)23-35-20-34(63-48)16-15-27(4)44(26(3)13-12-14-33-24-57-46-42(52)29(6)19-36(47(53)60-35)49(33,46)54)61-40-22-38(56-11)45(31(8)59-40)62-39-21-37(55-10)41(30(7)58-39)50-32(9)51/h12-15,17-19,25-26,28,30-31,34-46,52,54H,16,20-24H2,1-11H3,(H,50,51)/b13-12?,27-15-,33-14+/t26-,28-,30-,31-,34+,35-,36-,37-,38-,39-,40-,41+,42+,43+,44-,45-,46+,48+,49+/m0/s1. The lowest BCUT2D eigenvalue weighted by Gasteiger charge is -2.48. The van der Waals surface area contributed by atoms with E-state index in [9.17, 15) is 19.8 Å². The van der Waals surface area contributed by atoms with Crippen molar-refractivity contribution in [1.82, 2.24) is 5.32 Å². The molecule has 1 aliphatic carbocycles. The van der Waals surface area contributed by atoms with Gasteiger partial charge in [-0.2, -0.15) is 0 Å². The molecule has 2 bridgehead atoms. The first-order chi connectivity index (χ1) is 30.4. The van der Waals surface area contributed by atoms with Gasteiger partial charge in [0.25, 0.3) is 0 Å². The number of carbonyl (C=O) groups excluding carboxylic acids is 2. The van der Waals surface area contributed by atoms with E-state index in [1.807, 2.05) is 39.0 Å². The molecule has 1 spiro atoms. The number of aliphatic hydroxyl groups is 2. The number of aliphatic hydroxyl groups excluding tert-OH is 1. The molecule has 15 nitrogen and oxygen atoms in total. The topological polar surface area (TPSA) is 179 Å². The smallest absolute Gasteiger partial charge is 0.316 e. The van der Waals surface area contributed by atoms with Crippen LogP contribution in [0, 0.1) is 23.7 Å². The van der Waals surface area contributed by atoms with E-state index in [2.05, 4.69) is 45.2 Å². The predicted octanol–water partition coefficient (Wildman–Crippen LogP) is 5.13. The first-order valence-corrected chi connectivity index (χ1v) is 23.3. The van der Waals surface area contributed by atoms with Crippen LogP contribution in [0.25, 0.3) is 0 Å². The average molecular weight is 900 g/mol. The molecule has 6 aliphatic heterocycles. The predicted molar refractivity (Wildman–Crippen MR) is 234 cm³/mol. The number of esters is 1. The Morgan fingerprint density at radius 2 is 1.61 bits per heavy atom. The molecule has 15 heteroatoms. The van der Waals surface area contributed by atoms with Crippen LogP contribution in [0.5, 0.6) is 0 Å². The summed E-state index contributed by atoms with van der Waals surface area (Å²) in [5, 5.41) is 26.7. The number of methoxy groups -OCH3 is 2. The zero-order valence-corrected chi connectivity index (χ0v) is 39.5. The molecule has 7 aliphatic rings. The van der Waals surface area contributed by atoms with Crippen molar-refractivity contribution in [2.45, 2.75) is 192 Å². The normalized spacial score (nSPS) is 46.9. The summed E-state index contributed by atoms with van der Waals surface area (Å²) in [5.74, 6) is -2.81. The molecule has 1 amide bonds. The molecule has 7 rings (SSSR count). The Labute approximate surface area is 378 Å². The van der Waals surface area contributed by atoms with E-state index in [4.69, 9.17) is 47.4 Å². The van der Waals surface area contributed by atoms with Gasteiger partial charge in [-0.15, -0.1) is 0 Å². The Bertz CT molecular complexity index is 1830. The molecule has 0 radical (unpaired) electrons. The van der Waals surface area contributed by atoms with Gasteiger partial charge in [-0.25, -0.2) is 0 Å². The molecule has 0 aromatic carbocycles. The zero-order chi connectivity index (χ0) is 46.2. The molecule has 0 aromatic rings. The van der Waals surface area contributed by atoms with Crippen molar-refractivity contribution in [2.75, 3.05) is 20.8 Å². The first-order valence-electron chi connectivity index (χ1n) is 23.3. The third-order valence-electron chi connectivity index (χ3n) is 14.4. The Morgan fingerprint density at radius 1 is 0.906 bits per heavy atom. The fourth-order valence-electron chi connectivity index (χ4n) is 10.9. The van der Waals surface area contributed by atoms with Gasteiger partial charge in [0.2, 0.25) is 5.91 Å². The van der Waals surface area contributed by atoms with Gasteiger partial charge < -0.3 is 62.9 Å². The van der Waals surface area contributed by atoms with Gasteiger partial charge in [-0.05, 0) is 62.8 Å². The molecule has 0 aromatic heterocycles. The average Bonchev–Trinajstić information content (AvgIpc) is 3.58. The summed E-state index contributed by atoms with van der Waals surface area (Å²) in [4.78, 5) is 26.2. The maximum absolute atomic E-state index is 14.3. The lowest BCUT2D eigenvalue weighted by molar-refractivity contribution is -0.311. The van der Waals surface area contributed by atoms with E-state index in [-0.39, 0.29) is 61.0 Å².